The molecule has 2 aromatic carbocycles. The first-order valence-corrected chi connectivity index (χ1v) is 11.9. The molecule has 2 N–H and O–H groups in total. The number of nitrogens with zero attached hydrogens (tertiary/aromatic N) is 2. The molecule has 1 amide bonds. The number of sulfonamides is 1. The Bertz CT molecular complexity index is 1210. The number of benzene rings is 2. The van der Waals surface area contributed by atoms with Crippen molar-refractivity contribution in [2.45, 2.75) is 17.9 Å². The number of aliphatic hydroxyl groups excluding tert-OH is 1. The van der Waals surface area contributed by atoms with Gasteiger partial charge in [0.1, 0.15) is 5.70 Å². The van der Waals surface area contributed by atoms with E-state index >= 15 is 0 Å². The van der Waals surface area contributed by atoms with Gasteiger partial charge in [-0.1, -0.05) is 24.3 Å². The average Bonchev–Trinajstić information content (AvgIpc) is 3.14. The summed E-state index contributed by atoms with van der Waals surface area (Å²) in [5.41, 5.74) is 2.82. The maximum absolute atomic E-state index is 13.2. The lowest BCUT2D eigenvalue weighted by atomic mass is 10.0. The van der Waals surface area contributed by atoms with Gasteiger partial charge < -0.3 is 20.1 Å². The van der Waals surface area contributed by atoms with Crippen LogP contribution < -0.4 is 5.32 Å². The van der Waals surface area contributed by atoms with Gasteiger partial charge in [0, 0.05) is 25.3 Å². The van der Waals surface area contributed by atoms with Crippen molar-refractivity contribution in [1.82, 2.24) is 9.21 Å². The van der Waals surface area contributed by atoms with Crippen molar-refractivity contribution in [3.8, 4) is 0 Å². The molecule has 0 saturated heterocycles. The van der Waals surface area contributed by atoms with E-state index in [2.05, 4.69) is 5.32 Å². The van der Waals surface area contributed by atoms with E-state index in [1.165, 1.54) is 28.4 Å². The van der Waals surface area contributed by atoms with Crippen LogP contribution in [0.4, 0.5) is 5.69 Å². The molecule has 174 valence electrons. The van der Waals surface area contributed by atoms with Gasteiger partial charge in [0.15, 0.2) is 0 Å². The van der Waals surface area contributed by atoms with E-state index in [-0.39, 0.29) is 35.9 Å². The number of amides is 1. The zero-order valence-corrected chi connectivity index (χ0v) is 19.0. The summed E-state index contributed by atoms with van der Waals surface area (Å²) in [5, 5.41) is 12.1. The van der Waals surface area contributed by atoms with Crippen LogP contribution in [0.25, 0.3) is 0 Å². The Balaban J connectivity index is 1.53. The van der Waals surface area contributed by atoms with Crippen LogP contribution in [0, 0.1) is 0 Å². The van der Waals surface area contributed by atoms with Gasteiger partial charge in [-0.15, -0.1) is 0 Å². The molecular formula is C23H25N3O6S. The van der Waals surface area contributed by atoms with Crippen molar-refractivity contribution in [3.05, 3.63) is 70.9 Å². The predicted molar refractivity (Wildman–Crippen MR) is 121 cm³/mol. The number of esters is 1. The molecule has 0 aromatic heterocycles. The summed E-state index contributed by atoms with van der Waals surface area (Å²) in [6.07, 6.45) is 0.659. The number of aliphatic hydroxyl groups is 1. The molecule has 2 aliphatic heterocycles. The van der Waals surface area contributed by atoms with Crippen LogP contribution in [0.15, 0.2) is 64.7 Å². The summed E-state index contributed by atoms with van der Waals surface area (Å²) in [6, 6.07) is 13.9. The third-order valence-corrected chi connectivity index (χ3v) is 7.67. The molecule has 2 aromatic rings. The van der Waals surface area contributed by atoms with Crippen molar-refractivity contribution >= 4 is 27.6 Å². The Kier molecular flexibility index (Phi) is 6.50. The largest absolute Gasteiger partial charge is 0.466 e. The number of ether oxygens (including phenoxy) is 1. The Labute approximate surface area is 192 Å². The first kappa shape index (κ1) is 23.0. The molecule has 0 radical (unpaired) electrons. The molecule has 0 bridgehead atoms. The number of carbonyl (C=O) groups excluding carboxylic acids is 2. The third-order valence-electron chi connectivity index (χ3n) is 5.81. The normalized spacial score (nSPS) is 16.7. The lowest BCUT2D eigenvalue weighted by molar-refractivity contribution is -0.136. The second-order valence-electron chi connectivity index (χ2n) is 7.80. The standard InChI is InChI=1S/C23H25N3O6S/c1-32-23(29)20-15-25(12-13-27)22(28)21(20)24-18-6-8-19(9-7-18)33(30,31)26-11-10-16-4-2-3-5-17(16)14-26/h2-9,24,27H,10-15H2,1H3. The van der Waals surface area contributed by atoms with Gasteiger partial charge in [-0.2, -0.15) is 4.31 Å². The van der Waals surface area contributed by atoms with Gasteiger partial charge in [0.05, 0.1) is 30.7 Å². The molecule has 0 atom stereocenters. The topological polar surface area (TPSA) is 116 Å². The molecule has 2 aliphatic rings. The second kappa shape index (κ2) is 9.34. The number of carbonyl (C=O) groups is 2. The Hall–Kier alpha value is -3.21. The highest BCUT2D eigenvalue weighted by Gasteiger charge is 2.34. The zero-order chi connectivity index (χ0) is 23.6. The highest BCUT2D eigenvalue weighted by atomic mass is 32.2. The summed E-state index contributed by atoms with van der Waals surface area (Å²) in [4.78, 5) is 26.2. The third kappa shape index (κ3) is 4.50. The van der Waals surface area contributed by atoms with Crippen LogP contribution in [0.5, 0.6) is 0 Å². The second-order valence-corrected chi connectivity index (χ2v) is 9.74. The van der Waals surface area contributed by atoms with Crippen LogP contribution in [0.1, 0.15) is 11.1 Å². The van der Waals surface area contributed by atoms with Crippen LogP contribution in [-0.2, 0) is 37.3 Å². The monoisotopic (exact) mass is 471 g/mol. The van der Waals surface area contributed by atoms with E-state index in [0.717, 1.165) is 11.1 Å². The minimum absolute atomic E-state index is 0.0251. The molecule has 10 heteroatoms. The predicted octanol–water partition coefficient (Wildman–Crippen LogP) is 1.11. The van der Waals surface area contributed by atoms with E-state index in [4.69, 9.17) is 9.84 Å². The summed E-state index contributed by atoms with van der Waals surface area (Å²) < 4.78 is 32.5. The first-order valence-electron chi connectivity index (χ1n) is 10.5. The van der Waals surface area contributed by atoms with Crippen LogP contribution in [0.3, 0.4) is 0 Å². The van der Waals surface area contributed by atoms with E-state index in [1.54, 1.807) is 12.1 Å². The Morgan fingerprint density at radius 1 is 1.09 bits per heavy atom. The van der Waals surface area contributed by atoms with Crippen molar-refractivity contribution in [3.63, 3.8) is 0 Å². The number of nitrogens with one attached hydrogen (secondary N) is 1. The van der Waals surface area contributed by atoms with Crippen molar-refractivity contribution in [2.75, 3.05) is 38.7 Å². The molecule has 0 spiro atoms. The summed E-state index contributed by atoms with van der Waals surface area (Å²) in [5.74, 6) is -1.08. The van der Waals surface area contributed by atoms with E-state index in [1.807, 2.05) is 24.3 Å². The molecule has 0 aliphatic carbocycles. The smallest absolute Gasteiger partial charge is 0.337 e. The molecule has 0 saturated carbocycles. The van der Waals surface area contributed by atoms with Gasteiger partial charge >= 0.3 is 5.97 Å². The molecule has 0 unspecified atom stereocenters. The van der Waals surface area contributed by atoms with Gasteiger partial charge in [-0.3, -0.25) is 4.79 Å². The van der Waals surface area contributed by atoms with Gasteiger partial charge in [0.25, 0.3) is 5.91 Å². The minimum Gasteiger partial charge on any atom is -0.466 e. The molecule has 4 rings (SSSR count). The van der Waals surface area contributed by atoms with E-state index in [9.17, 15) is 18.0 Å². The number of hydrogen-bond acceptors (Lipinski definition) is 7. The zero-order valence-electron chi connectivity index (χ0n) is 18.2. The molecule has 9 nitrogen and oxygen atoms in total. The number of rotatable bonds is 7. The maximum Gasteiger partial charge on any atom is 0.337 e. The number of anilines is 1. The average molecular weight is 472 g/mol. The van der Waals surface area contributed by atoms with Gasteiger partial charge in [0.2, 0.25) is 10.0 Å². The quantitative estimate of drug-likeness (QED) is 0.581. The van der Waals surface area contributed by atoms with E-state index in [0.29, 0.717) is 25.2 Å². The van der Waals surface area contributed by atoms with Crippen molar-refractivity contribution in [2.24, 2.45) is 0 Å². The van der Waals surface area contributed by atoms with Crippen LogP contribution in [0.2, 0.25) is 0 Å². The van der Waals surface area contributed by atoms with Gasteiger partial charge in [-0.25, -0.2) is 13.2 Å². The number of β-amino-alcohol motifs (C(OH)–C–C–N with tert-alkyl or cyclic N) is 1. The fourth-order valence-electron chi connectivity index (χ4n) is 4.03. The SMILES string of the molecule is COC(=O)C1=C(Nc2ccc(S(=O)(=O)N3CCc4ccccc4C3)cc2)C(=O)N(CCO)C1. The minimum atomic E-state index is -3.69. The highest BCUT2D eigenvalue weighted by Crippen LogP contribution is 2.27. The molecule has 2 heterocycles. The molecular weight excluding hydrogens is 446 g/mol. The molecule has 0 fully saturated rings. The first-order chi connectivity index (χ1) is 15.8. The molecule has 33 heavy (non-hydrogen) atoms. The summed E-state index contributed by atoms with van der Waals surface area (Å²) in [6.45, 7) is 0.603. The maximum atomic E-state index is 13.2. The fraction of sp³-hybridized carbons (Fsp3) is 0.304. The van der Waals surface area contributed by atoms with Crippen LogP contribution >= 0.6 is 0 Å². The Morgan fingerprint density at radius 2 is 1.79 bits per heavy atom. The summed E-state index contributed by atoms with van der Waals surface area (Å²) in [7, 11) is -2.46. The Morgan fingerprint density at radius 3 is 2.45 bits per heavy atom. The number of hydrogen-bond donors (Lipinski definition) is 2. The lowest BCUT2D eigenvalue weighted by Gasteiger charge is -2.28. The lowest BCUT2D eigenvalue weighted by Crippen LogP contribution is -2.35. The summed E-state index contributed by atoms with van der Waals surface area (Å²) >= 11 is 0. The van der Waals surface area contributed by atoms with Crippen molar-refractivity contribution < 1.29 is 27.9 Å². The highest BCUT2D eigenvalue weighted by molar-refractivity contribution is 7.89. The fourth-order valence-corrected chi connectivity index (χ4v) is 5.45. The van der Waals surface area contributed by atoms with E-state index < -0.39 is 21.9 Å². The van der Waals surface area contributed by atoms with Crippen molar-refractivity contribution in [1.29, 1.82) is 0 Å². The number of fused-ring (bicyclic) bond motifs is 1. The van der Waals surface area contributed by atoms with Crippen LogP contribution in [-0.4, -0.2) is 68.0 Å². The number of methoxy groups -OCH3 is 1. The van der Waals surface area contributed by atoms with Gasteiger partial charge in [-0.05, 0) is 41.8 Å².